The van der Waals surface area contributed by atoms with Crippen LogP contribution < -0.4 is 10.1 Å². The third-order valence-electron chi connectivity index (χ3n) is 2.62. The molecule has 2 aromatic rings. The van der Waals surface area contributed by atoms with Crippen LogP contribution in [0.4, 0.5) is 4.39 Å². The Labute approximate surface area is 121 Å². The number of nitrogens with zero attached hydrogens (tertiary/aromatic N) is 3. The minimum absolute atomic E-state index is 0.0849. The van der Waals surface area contributed by atoms with Crippen LogP contribution in [0.1, 0.15) is 12.6 Å². The van der Waals surface area contributed by atoms with Gasteiger partial charge < -0.3 is 10.1 Å². The van der Waals surface area contributed by atoms with Crippen LogP contribution in [0.5, 0.6) is 5.75 Å². The molecule has 20 heavy (non-hydrogen) atoms. The van der Waals surface area contributed by atoms with E-state index in [0.29, 0.717) is 25.4 Å². The molecule has 0 aliphatic rings. The highest BCUT2D eigenvalue weighted by atomic mass is 35.5. The average molecular weight is 299 g/mol. The summed E-state index contributed by atoms with van der Waals surface area (Å²) in [4.78, 5) is 0. The lowest BCUT2D eigenvalue weighted by molar-refractivity contribution is 0.288. The van der Waals surface area contributed by atoms with Gasteiger partial charge in [-0.05, 0) is 18.7 Å². The van der Waals surface area contributed by atoms with Crippen molar-refractivity contribution in [3.05, 3.63) is 40.9 Å². The molecular formula is C13H16ClFN4O. The van der Waals surface area contributed by atoms with Crippen molar-refractivity contribution in [2.75, 3.05) is 13.2 Å². The summed E-state index contributed by atoms with van der Waals surface area (Å²) in [6.07, 6.45) is 1.86. The van der Waals surface area contributed by atoms with E-state index in [-0.39, 0.29) is 5.02 Å². The highest BCUT2D eigenvalue weighted by molar-refractivity contribution is 6.30. The molecule has 0 spiro atoms. The third-order valence-corrected chi connectivity index (χ3v) is 2.93. The highest BCUT2D eigenvalue weighted by Gasteiger charge is 2.03. The molecule has 0 amide bonds. The molecule has 5 nitrogen and oxygen atoms in total. The Bertz CT molecular complexity index is 561. The van der Waals surface area contributed by atoms with Crippen LogP contribution in [0.25, 0.3) is 0 Å². The monoisotopic (exact) mass is 298 g/mol. The second kappa shape index (κ2) is 7.21. The maximum absolute atomic E-state index is 13.2. The zero-order chi connectivity index (χ0) is 14.4. The first-order chi connectivity index (χ1) is 9.69. The van der Waals surface area contributed by atoms with E-state index in [0.717, 1.165) is 12.2 Å². The molecule has 0 bridgehead atoms. The standard InChI is InChI=1S/C13H16ClFN4O/c1-2-16-8-10-9-19(18-17-10)5-6-20-11-3-4-12(14)13(15)7-11/h3-4,7,9,16H,2,5-6,8H2,1H3. The molecule has 7 heteroatoms. The van der Waals surface area contributed by atoms with Gasteiger partial charge in [-0.15, -0.1) is 5.10 Å². The summed E-state index contributed by atoms with van der Waals surface area (Å²) in [6, 6.07) is 4.36. The van der Waals surface area contributed by atoms with Gasteiger partial charge in [0.05, 0.1) is 17.3 Å². The van der Waals surface area contributed by atoms with Gasteiger partial charge >= 0.3 is 0 Å². The van der Waals surface area contributed by atoms with E-state index >= 15 is 0 Å². The van der Waals surface area contributed by atoms with Gasteiger partial charge in [0.15, 0.2) is 0 Å². The maximum Gasteiger partial charge on any atom is 0.145 e. The first-order valence-corrected chi connectivity index (χ1v) is 6.74. The molecule has 0 aliphatic heterocycles. The predicted octanol–water partition coefficient (Wildman–Crippen LogP) is 2.26. The van der Waals surface area contributed by atoms with Gasteiger partial charge in [-0.25, -0.2) is 9.07 Å². The predicted molar refractivity (Wildman–Crippen MR) is 74.3 cm³/mol. The average Bonchev–Trinajstić information content (AvgIpc) is 2.88. The summed E-state index contributed by atoms with van der Waals surface area (Å²) >= 11 is 5.60. The van der Waals surface area contributed by atoms with E-state index in [4.69, 9.17) is 16.3 Å². The second-order valence-corrected chi connectivity index (χ2v) is 4.58. The van der Waals surface area contributed by atoms with Crippen LogP contribution in [-0.4, -0.2) is 28.1 Å². The van der Waals surface area contributed by atoms with Crippen molar-refractivity contribution in [2.24, 2.45) is 0 Å². The van der Waals surface area contributed by atoms with E-state index < -0.39 is 5.82 Å². The van der Waals surface area contributed by atoms with Gasteiger partial charge in [0, 0.05) is 18.8 Å². The first-order valence-electron chi connectivity index (χ1n) is 6.36. The topological polar surface area (TPSA) is 52.0 Å². The molecule has 2 rings (SSSR count). The molecule has 1 aromatic carbocycles. The molecule has 0 aliphatic carbocycles. The van der Waals surface area contributed by atoms with Gasteiger partial charge in [-0.1, -0.05) is 23.7 Å². The maximum atomic E-state index is 13.2. The number of rotatable bonds is 7. The fourth-order valence-corrected chi connectivity index (χ4v) is 1.72. The second-order valence-electron chi connectivity index (χ2n) is 4.18. The Hall–Kier alpha value is -1.66. The number of halogens is 2. The minimum atomic E-state index is -0.488. The fourth-order valence-electron chi connectivity index (χ4n) is 1.61. The smallest absolute Gasteiger partial charge is 0.145 e. The normalized spacial score (nSPS) is 10.8. The van der Waals surface area contributed by atoms with E-state index in [1.54, 1.807) is 10.7 Å². The van der Waals surface area contributed by atoms with Crippen molar-refractivity contribution < 1.29 is 9.13 Å². The van der Waals surface area contributed by atoms with Crippen molar-refractivity contribution >= 4 is 11.6 Å². The lowest BCUT2D eigenvalue weighted by atomic mass is 10.3. The molecule has 0 saturated heterocycles. The molecule has 1 heterocycles. The number of aromatic nitrogens is 3. The van der Waals surface area contributed by atoms with E-state index in [1.807, 2.05) is 13.1 Å². The molecular weight excluding hydrogens is 283 g/mol. The van der Waals surface area contributed by atoms with Crippen LogP contribution in [-0.2, 0) is 13.1 Å². The highest BCUT2D eigenvalue weighted by Crippen LogP contribution is 2.20. The molecule has 0 unspecified atom stereocenters. The summed E-state index contributed by atoms with van der Waals surface area (Å²) < 4.78 is 20.3. The summed E-state index contributed by atoms with van der Waals surface area (Å²) in [5.41, 5.74) is 0.879. The first kappa shape index (κ1) is 14.7. The Morgan fingerprint density at radius 3 is 3.05 bits per heavy atom. The molecule has 0 fully saturated rings. The largest absolute Gasteiger partial charge is 0.492 e. The van der Waals surface area contributed by atoms with Crippen molar-refractivity contribution in [3.8, 4) is 5.75 Å². The zero-order valence-corrected chi connectivity index (χ0v) is 11.9. The zero-order valence-electron chi connectivity index (χ0n) is 11.1. The molecule has 1 aromatic heterocycles. The van der Waals surface area contributed by atoms with Gasteiger partial charge in [0.25, 0.3) is 0 Å². The van der Waals surface area contributed by atoms with E-state index in [2.05, 4.69) is 15.6 Å². The van der Waals surface area contributed by atoms with Crippen LogP contribution in [0.3, 0.4) is 0 Å². The van der Waals surface area contributed by atoms with Crippen LogP contribution in [0.2, 0.25) is 5.02 Å². The molecule has 108 valence electrons. The molecule has 0 saturated carbocycles. The SMILES string of the molecule is CCNCc1cn(CCOc2ccc(Cl)c(F)c2)nn1. The molecule has 1 N–H and O–H groups in total. The summed E-state index contributed by atoms with van der Waals surface area (Å²) in [6.45, 7) is 4.54. The van der Waals surface area contributed by atoms with Crippen molar-refractivity contribution in [1.82, 2.24) is 20.3 Å². The van der Waals surface area contributed by atoms with Crippen molar-refractivity contribution in [2.45, 2.75) is 20.0 Å². The van der Waals surface area contributed by atoms with Crippen molar-refractivity contribution in [3.63, 3.8) is 0 Å². The number of hydrogen-bond acceptors (Lipinski definition) is 4. The van der Waals surface area contributed by atoms with Crippen LogP contribution in [0.15, 0.2) is 24.4 Å². The summed E-state index contributed by atoms with van der Waals surface area (Å²) in [7, 11) is 0. The van der Waals surface area contributed by atoms with Crippen LogP contribution >= 0.6 is 11.6 Å². The van der Waals surface area contributed by atoms with Crippen molar-refractivity contribution in [1.29, 1.82) is 0 Å². The van der Waals surface area contributed by atoms with Gasteiger partial charge in [0.1, 0.15) is 18.2 Å². The Kier molecular flexibility index (Phi) is 5.31. The minimum Gasteiger partial charge on any atom is -0.492 e. The summed E-state index contributed by atoms with van der Waals surface area (Å²) in [5.74, 6) is -0.0438. The molecule has 0 radical (unpaired) electrons. The number of hydrogen-bond donors (Lipinski definition) is 1. The van der Waals surface area contributed by atoms with E-state index in [1.165, 1.54) is 12.1 Å². The third kappa shape index (κ3) is 4.18. The van der Waals surface area contributed by atoms with Gasteiger partial charge in [-0.2, -0.15) is 0 Å². The number of benzene rings is 1. The van der Waals surface area contributed by atoms with Crippen LogP contribution in [0, 0.1) is 5.82 Å². The number of ether oxygens (including phenoxy) is 1. The Morgan fingerprint density at radius 1 is 1.45 bits per heavy atom. The quantitative estimate of drug-likeness (QED) is 0.852. The lowest BCUT2D eigenvalue weighted by Gasteiger charge is -2.06. The Morgan fingerprint density at radius 2 is 2.30 bits per heavy atom. The lowest BCUT2D eigenvalue weighted by Crippen LogP contribution is -2.12. The number of nitrogens with one attached hydrogen (secondary N) is 1. The molecule has 0 atom stereocenters. The van der Waals surface area contributed by atoms with Gasteiger partial charge in [-0.3, -0.25) is 0 Å². The van der Waals surface area contributed by atoms with E-state index in [9.17, 15) is 4.39 Å². The summed E-state index contributed by atoms with van der Waals surface area (Å²) in [5, 5.41) is 11.3. The Balaban J connectivity index is 1.80. The van der Waals surface area contributed by atoms with Gasteiger partial charge in [0.2, 0.25) is 0 Å². The fraction of sp³-hybridized carbons (Fsp3) is 0.385.